The van der Waals surface area contributed by atoms with Gasteiger partial charge in [0.05, 0.1) is 49.3 Å². The van der Waals surface area contributed by atoms with E-state index in [2.05, 4.69) is 40.3 Å². The highest BCUT2D eigenvalue weighted by Gasteiger charge is 2.62. The zero-order chi connectivity index (χ0) is 60.7. The molecule has 0 aromatic rings. The predicted molar refractivity (Wildman–Crippen MR) is 284 cm³/mol. The van der Waals surface area contributed by atoms with Gasteiger partial charge < -0.3 is 109 Å². The van der Waals surface area contributed by atoms with Crippen molar-refractivity contribution in [3.05, 3.63) is 23.8 Å². The molecule has 9 rings (SSSR count). The molecule has 9 aliphatic rings. The van der Waals surface area contributed by atoms with E-state index in [1.54, 1.807) is 0 Å². The molecular formula is C56H92O26S. The van der Waals surface area contributed by atoms with Gasteiger partial charge in [0.25, 0.3) is 0 Å². The molecule has 27 heteroatoms. The number of aliphatic hydroxyl groups is 12. The van der Waals surface area contributed by atoms with Crippen molar-refractivity contribution in [2.45, 2.75) is 279 Å². The summed E-state index contributed by atoms with van der Waals surface area (Å²) in [5, 5.41) is 134. The third-order valence-corrected chi connectivity index (χ3v) is 20.6. The molecule has 5 aliphatic heterocycles. The van der Waals surface area contributed by atoms with E-state index in [9.17, 15) is 74.2 Å². The molecule has 0 aromatic carbocycles. The summed E-state index contributed by atoms with van der Waals surface area (Å²) in [5.41, 5.74) is 1.46. The second kappa shape index (κ2) is 25.8. The summed E-state index contributed by atoms with van der Waals surface area (Å²) in [6.45, 7) is 18.2. The van der Waals surface area contributed by atoms with Crippen LogP contribution in [0.2, 0.25) is 0 Å². The van der Waals surface area contributed by atoms with E-state index in [1.165, 1.54) is 33.3 Å². The molecule has 5 saturated heterocycles. The normalized spacial score (nSPS) is 51.8. The summed E-state index contributed by atoms with van der Waals surface area (Å²) in [5.74, 6) is 0.128. The van der Waals surface area contributed by atoms with Crippen molar-refractivity contribution in [3.63, 3.8) is 0 Å². The smallest absolute Gasteiger partial charge is 0.393 e. The summed E-state index contributed by atoms with van der Waals surface area (Å²) in [4.78, 5) is 0. The molecule has 33 atom stereocenters. The van der Waals surface area contributed by atoms with Crippen LogP contribution in [-0.2, 0) is 62.0 Å². The maximum absolute atomic E-state index is 12.4. The lowest BCUT2D eigenvalue weighted by Gasteiger charge is -2.59. The molecule has 13 N–H and O–H groups in total. The van der Waals surface area contributed by atoms with Crippen LogP contribution >= 0.6 is 0 Å². The first-order valence-electron chi connectivity index (χ1n) is 29.5. The largest absolute Gasteiger partial charge is 0.397 e. The fraction of sp³-hybridized carbons (Fsp3) is 0.929. The summed E-state index contributed by atoms with van der Waals surface area (Å²) >= 11 is 0. The van der Waals surface area contributed by atoms with Gasteiger partial charge in [-0.25, -0.2) is 4.18 Å². The average molecular weight is 1210 g/mol. The van der Waals surface area contributed by atoms with Crippen molar-refractivity contribution >= 4 is 10.4 Å². The predicted octanol–water partition coefficient (Wildman–Crippen LogP) is -1.05. The third kappa shape index (κ3) is 13.2. The number of allylic oxidation sites excluding steroid dienone is 2. The van der Waals surface area contributed by atoms with Crippen LogP contribution in [0.1, 0.15) is 113 Å². The van der Waals surface area contributed by atoms with Crippen molar-refractivity contribution in [2.24, 2.45) is 40.4 Å². The Balaban J connectivity index is 0.973. The van der Waals surface area contributed by atoms with Gasteiger partial charge in [-0.05, 0) is 126 Å². The molecule has 83 heavy (non-hydrogen) atoms. The molecule has 26 nitrogen and oxygen atoms in total. The van der Waals surface area contributed by atoms with Gasteiger partial charge in [0.15, 0.2) is 31.5 Å². The van der Waals surface area contributed by atoms with Gasteiger partial charge in [-0.1, -0.05) is 51.5 Å². The topological polar surface area (TPSA) is 399 Å². The third-order valence-electron chi connectivity index (χ3n) is 20.0. The van der Waals surface area contributed by atoms with Crippen LogP contribution in [-0.4, -0.2) is 247 Å². The standard InChI is InChI=1S/C56H92O26S/c1-21(2)16-27(57)17-22(3)30-10-11-31-29-19-34(33-18-28(82-83(69,70)71)12-14-56(33,9)32(29)13-15-55(30,31)8)77-52-46(68)47(39(61)26(7)75-52)79-53-48(80-50-44(66)41(63)36(58)23(4)73-50)40(62)35(20-72-53)78-54-49(43(65)38(60)25(6)76-54)81-51-45(67)42(64)37(59)24(5)74-51/h13,21,23-31,33-54,57-68H,3,10-12,14-20H2,1-2,4-9H3,(H,69,70,71). The first kappa shape index (κ1) is 65.9. The van der Waals surface area contributed by atoms with Crippen LogP contribution in [0, 0.1) is 40.4 Å². The Morgan fingerprint density at radius 3 is 1.71 bits per heavy atom. The molecule has 33 unspecified atom stereocenters. The van der Waals surface area contributed by atoms with Crippen molar-refractivity contribution in [1.29, 1.82) is 0 Å². The second-order valence-electron chi connectivity index (χ2n) is 26.1. The van der Waals surface area contributed by atoms with E-state index >= 15 is 0 Å². The Bertz CT molecular complexity index is 2350. The zero-order valence-electron chi connectivity index (χ0n) is 48.4. The number of rotatable bonds is 17. The molecule has 5 heterocycles. The monoisotopic (exact) mass is 1210 g/mol. The van der Waals surface area contributed by atoms with Crippen LogP contribution in [0.4, 0.5) is 0 Å². The Labute approximate surface area is 484 Å². The Kier molecular flexibility index (Phi) is 20.5. The quantitative estimate of drug-likeness (QED) is 0.0610. The van der Waals surface area contributed by atoms with Gasteiger partial charge in [-0.2, -0.15) is 8.42 Å². The average Bonchev–Trinajstić information content (AvgIpc) is 1.90. The van der Waals surface area contributed by atoms with Crippen LogP contribution < -0.4 is 0 Å². The van der Waals surface area contributed by atoms with Crippen LogP contribution in [0.15, 0.2) is 23.8 Å². The second-order valence-corrected chi connectivity index (χ2v) is 27.2. The molecule has 0 spiro atoms. The van der Waals surface area contributed by atoms with Gasteiger partial charge in [-0.15, -0.1) is 0 Å². The van der Waals surface area contributed by atoms with Gasteiger partial charge in [0, 0.05) is 0 Å². The first-order valence-corrected chi connectivity index (χ1v) is 30.9. The minimum atomic E-state index is -4.85. The maximum Gasteiger partial charge on any atom is 0.397 e. The van der Waals surface area contributed by atoms with Crippen molar-refractivity contribution in [1.82, 2.24) is 0 Å². The fourth-order valence-corrected chi connectivity index (χ4v) is 15.9. The fourth-order valence-electron chi connectivity index (χ4n) is 15.4. The minimum Gasteiger partial charge on any atom is -0.393 e. The number of hydrogen-bond donors (Lipinski definition) is 13. The molecule has 3 saturated carbocycles. The minimum absolute atomic E-state index is 0.0340. The van der Waals surface area contributed by atoms with Gasteiger partial charge in [-0.3, -0.25) is 4.55 Å². The summed E-state index contributed by atoms with van der Waals surface area (Å²) in [7, 11) is -4.85. The SMILES string of the molecule is C=C(CC(O)CC(C)C)C1CCC2C3CC(OC4OC(C)C(O)C(OC5OCC(OC6OC(C)C(O)C(O)C6OC6OC(C)C(O)C(O)C6O)C(O)C5OC5OC(C)C(O)C(O)C5O)C4O)C4CC(OS(=O)(=O)O)CCC4(C)C3=CCC12C. The molecule has 478 valence electrons. The summed E-state index contributed by atoms with van der Waals surface area (Å²) in [6, 6.07) is 0. The lowest BCUT2D eigenvalue weighted by Crippen LogP contribution is -2.66. The van der Waals surface area contributed by atoms with Crippen LogP contribution in [0.25, 0.3) is 0 Å². The van der Waals surface area contributed by atoms with E-state index in [-0.39, 0.29) is 29.6 Å². The number of fused-ring (bicyclic) bond motifs is 5. The van der Waals surface area contributed by atoms with E-state index in [4.69, 9.17) is 51.6 Å². The molecule has 0 amide bonds. The lowest BCUT2D eigenvalue weighted by atomic mass is 9.47. The molecule has 0 radical (unpaired) electrons. The Hall–Kier alpha value is -1.53. The van der Waals surface area contributed by atoms with Gasteiger partial charge in [0.2, 0.25) is 0 Å². The Morgan fingerprint density at radius 1 is 0.614 bits per heavy atom. The van der Waals surface area contributed by atoms with Crippen molar-refractivity contribution in [2.75, 3.05) is 6.61 Å². The van der Waals surface area contributed by atoms with Gasteiger partial charge >= 0.3 is 10.4 Å². The number of aliphatic hydroxyl groups excluding tert-OH is 12. The maximum atomic E-state index is 12.4. The summed E-state index contributed by atoms with van der Waals surface area (Å²) in [6.07, 6.45) is -33.7. The number of ether oxygens (including phenoxy) is 10. The van der Waals surface area contributed by atoms with E-state index in [0.717, 1.165) is 24.8 Å². The number of hydrogen-bond acceptors (Lipinski definition) is 25. The van der Waals surface area contributed by atoms with E-state index < -0.39 is 194 Å². The molecule has 8 fully saturated rings. The Morgan fingerprint density at radius 2 is 1.13 bits per heavy atom. The molecule has 0 aromatic heterocycles. The zero-order valence-corrected chi connectivity index (χ0v) is 49.2. The highest BCUT2D eigenvalue weighted by molar-refractivity contribution is 7.80. The van der Waals surface area contributed by atoms with Gasteiger partial charge in [0.1, 0.15) is 91.6 Å². The lowest BCUT2D eigenvalue weighted by molar-refractivity contribution is -0.397. The summed E-state index contributed by atoms with van der Waals surface area (Å²) < 4.78 is 101. The highest BCUT2D eigenvalue weighted by Crippen LogP contribution is 2.67. The van der Waals surface area contributed by atoms with E-state index in [1.807, 2.05) is 0 Å². The van der Waals surface area contributed by atoms with Crippen LogP contribution in [0.3, 0.4) is 0 Å². The van der Waals surface area contributed by atoms with E-state index in [0.29, 0.717) is 38.0 Å². The van der Waals surface area contributed by atoms with Crippen molar-refractivity contribution in [3.8, 4) is 0 Å². The molecule has 4 aliphatic carbocycles. The van der Waals surface area contributed by atoms with Crippen LogP contribution in [0.5, 0.6) is 0 Å². The molecular weight excluding hydrogens is 1120 g/mol. The van der Waals surface area contributed by atoms with Crippen molar-refractivity contribution < 1.29 is 126 Å². The molecule has 0 bridgehead atoms. The first-order chi connectivity index (χ1) is 38.8. The highest BCUT2D eigenvalue weighted by atomic mass is 32.3.